The summed E-state index contributed by atoms with van der Waals surface area (Å²) in [6.07, 6.45) is 4.82. The van der Waals surface area contributed by atoms with Gasteiger partial charge in [0.15, 0.2) is 6.61 Å². The van der Waals surface area contributed by atoms with Crippen LogP contribution in [0.1, 0.15) is 24.0 Å². The van der Waals surface area contributed by atoms with Crippen molar-refractivity contribution < 1.29 is 19.1 Å². The molecule has 1 aromatic carbocycles. The molecule has 0 aromatic heterocycles. The Balaban J connectivity index is 1.68. The molecular weight excluding hydrogens is 296 g/mol. The molecule has 1 aliphatic rings. The summed E-state index contributed by atoms with van der Waals surface area (Å²) in [6, 6.07) is 8.77. The van der Waals surface area contributed by atoms with Crippen LogP contribution in [-0.2, 0) is 19.1 Å². The molecule has 0 unspecified atom stereocenters. The second-order valence-corrected chi connectivity index (χ2v) is 5.11. The summed E-state index contributed by atoms with van der Waals surface area (Å²) in [5.41, 5.74) is 1.32. The molecule has 1 aromatic rings. The molecular formula is C17H18N2O4. The Kier molecular flexibility index (Phi) is 6.33. The summed E-state index contributed by atoms with van der Waals surface area (Å²) < 4.78 is 10.2. The van der Waals surface area contributed by atoms with E-state index in [1.165, 1.54) is 6.08 Å². The molecule has 120 valence electrons. The lowest BCUT2D eigenvalue weighted by Crippen LogP contribution is -2.34. The molecule has 1 saturated heterocycles. The summed E-state index contributed by atoms with van der Waals surface area (Å²) in [6.45, 7) is 0.858. The third-order valence-electron chi connectivity index (χ3n) is 3.35. The van der Waals surface area contributed by atoms with Gasteiger partial charge in [-0.3, -0.25) is 4.79 Å². The third-order valence-corrected chi connectivity index (χ3v) is 3.35. The number of carbonyl (C=O) groups is 2. The number of hydrogen-bond acceptors (Lipinski definition) is 5. The fraction of sp³-hybridized carbons (Fsp3) is 0.353. The third kappa shape index (κ3) is 5.93. The first kappa shape index (κ1) is 16.7. The highest BCUT2D eigenvalue weighted by atomic mass is 16.5. The predicted octanol–water partition coefficient (Wildman–Crippen LogP) is 1.41. The van der Waals surface area contributed by atoms with Crippen molar-refractivity contribution in [1.29, 1.82) is 5.26 Å². The van der Waals surface area contributed by atoms with Gasteiger partial charge < -0.3 is 14.8 Å². The van der Waals surface area contributed by atoms with Gasteiger partial charge in [0.2, 0.25) is 0 Å². The molecule has 6 nitrogen and oxygen atoms in total. The van der Waals surface area contributed by atoms with Crippen LogP contribution in [0.2, 0.25) is 0 Å². The van der Waals surface area contributed by atoms with Crippen molar-refractivity contribution in [2.75, 3.05) is 19.8 Å². The van der Waals surface area contributed by atoms with E-state index in [0.717, 1.165) is 25.0 Å². The van der Waals surface area contributed by atoms with Crippen LogP contribution in [0.3, 0.4) is 0 Å². The minimum atomic E-state index is -0.596. The van der Waals surface area contributed by atoms with Crippen LogP contribution >= 0.6 is 0 Å². The van der Waals surface area contributed by atoms with Crippen LogP contribution in [0.5, 0.6) is 0 Å². The SMILES string of the molecule is N#Cc1ccc(/C=C/C(=O)OCC(=O)NC[C@H]2CCCO2)cc1. The number of hydrogen-bond donors (Lipinski definition) is 1. The Morgan fingerprint density at radius 2 is 2.17 bits per heavy atom. The predicted molar refractivity (Wildman–Crippen MR) is 83.1 cm³/mol. The fourth-order valence-corrected chi connectivity index (χ4v) is 2.10. The molecule has 1 amide bonds. The Morgan fingerprint density at radius 3 is 2.83 bits per heavy atom. The zero-order valence-electron chi connectivity index (χ0n) is 12.7. The quantitative estimate of drug-likeness (QED) is 0.633. The molecule has 0 spiro atoms. The lowest BCUT2D eigenvalue weighted by molar-refractivity contribution is -0.143. The van der Waals surface area contributed by atoms with Crippen molar-refractivity contribution in [1.82, 2.24) is 5.32 Å². The first-order chi connectivity index (χ1) is 11.2. The van der Waals surface area contributed by atoms with Crippen LogP contribution in [0.15, 0.2) is 30.3 Å². The van der Waals surface area contributed by atoms with Gasteiger partial charge in [-0.2, -0.15) is 5.26 Å². The average molecular weight is 314 g/mol. The van der Waals surface area contributed by atoms with Gasteiger partial charge in [0.25, 0.3) is 5.91 Å². The van der Waals surface area contributed by atoms with Gasteiger partial charge in [-0.25, -0.2) is 4.79 Å². The number of nitrogens with one attached hydrogen (secondary N) is 1. The lowest BCUT2D eigenvalue weighted by Gasteiger charge is -2.10. The maximum atomic E-state index is 11.6. The highest BCUT2D eigenvalue weighted by molar-refractivity contribution is 5.89. The molecule has 1 fully saturated rings. The number of amides is 1. The number of nitrogens with zero attached hydrogens (tertiary/aromatic N) is 1. The van der Waals surface area contributed by atoms with Crippen LogP contribution in [-0.4, -0.2) is 37.7 Å². The summed E-state index contributed by atoms with van der Waals surface area (Å²) >= 11 is 0. The van der Waals surface area contributed by atoms with Crippen molar-refractivity contribution in [2.45, 2.75) is 18.9 Å². The molecule has 0 aliphatic carbocycles. The zero-order chi connectivity index (χ0) is 16.5. The minimum absolute atomic E-state index is 0.0610. The minimum Gasteiger partial charge on any atom is -0.452 e. The maximum absolute atomic E-state index is 11.6. The molecule has 1 atom stereocenters. The Morgan fingerprint density at radius 1 is 1.39 bits per heavy atom. The van der Waals surface area contributed by atoms with Gasteiger partial charge in [-0.05, 0) is 36.6 Å². The van der Waals surface area contributed by atoms with Crippen molar-refractivity contribution in [3.8, 4) is 6.07 Å². The number of esters is 1. The summed E-state index contributed by atoms with van der Waals surface area (Å²) in [7, 11) is 0. The highest BCUT2D eigenvalue weighted by Crippen LogP contribution is 2.10. The van der Waals surface area contributed by atoms with Crippen LogP contribution in [0.25, 0.3) is 6.08 Å². The Hall–Kier alpha value is -2.65. The topological polar surface area (TPSA) is 88.4 Å². The van der Waals surface area contributed by atoms with Gasteiger partial charge in [0, 0.05) is 19.2 Å². The summed E-state index contributed by atoms with van der Waals surface area (Å²) in [4.78, 5) is 23.1. The van der Waals surface area contributed by atoms with E-state index < -0.39 is 5.97 Å². The average Bonchev–Trinajstić information content (AvgIpc) is 3.10. The molecule has 0 radical (unpaired) electrons. The summed E-state index contributed by atoms with van der Waals surface area (Å²) in [5, 5.41) is 11.4. The zero-order valence-corrected chi connectivity index (χ0v) is 12.7. The van der Waals surface area contributed by atoms with Gasteiger partial charge in [0.1, 0.15) is 0 Å². The van der Waals surface area contributed by atoms with Crippen molar-refractivity contribution in [3.05, 3.63) is 41.5 Å². The van der Waals surface area contributed by atoms with E-state index in [0.29, 0.717) is 12.1 Å². The van der Waals surface area contributed by atoms with Gasteiger partial charge in [-0.1, -0.05) is 12.1 Å². The van der Waals surface area contributed by atoms with Crippen LogP contribution in [0.4, 0.5) is 0 Å². The van der Waals surface area contributed by atoms with E-state index >= 15 is 0 Å². The molecule has 2 rings (SSSR count). The van der Waals surface area contributed by atoms with Crippen LogP contribution < -0.4 is 5.32 Å². The van der Waals surface area contributed by atoms with E-state index in [1.807, 2.05) is 6.07 Å². The molecule has 1 heterocycles. The van der Waals surface area contributed by atoms with E-state index in [-0.39, 0.29) is 18.6 Å². The van der Waals surface area contributed by atoms with E-state index in [9.17, 15) is 9.59 Å². The number of nitriles is 1. The summed E-state index contributed by atoms with van der Waals surface area (Å²) in [5.74, 6) is -0.942. The Labute approximate surface area is 134 Å². The number of rotatable bonds is 6. The lowest BCUT2D eigenvalue weighted by atomic mass is 10.1. The van der Waals surface area contributed by atoms with E-state index in [2.05, 4.69) is 5.32 Å². The molecule has 6 heteroatoms. The van der Waals surface area contributed by atoms with Crippen molar-refractivity contribution in [2.24, 2.45) is 0 Å². The first-order valence-electron chi connectivity index (χ1n) is 7.40. The van der Waals surface area contributed by atoms with Gasteiger partial charge in [-0.15, -0.1) is 0 Å². The number of ether oxygens (including phenoxy) is 2. The Bertz CT molecular complexity index is 610. The second-order valence-electron chi connectivity index (χ2n) is 5.11. The standard InChI is InChI=1S/C17H18N2O4/c18-10-14-5-3-13(4-6-14)7-8-17(21)23-12-16(20)19-11-15-2-1-9-22-15/h3-8,15H,1-2,9,11-12H2,(H,19,20)/b8-7+/t15-/m1/s1. The van der Waals surface area contributed by atoms with E-state index in [1.54, 1.807) is 30.3 Å². The number of benzene rings is 1. The molecule has 0 saturated carbocycles. The highest BCUT2D eigenvalue weighted by Gasteiger charge is 2.16. The second kappa shape index (κ2) is 8.71. The molecule has 1 aliphatic heterocycles. The normalized spacial score (nSPS) is 16.9. The largest absolute Gasteiger partial charge is 0.452 e. The van der Waals surface area contributed by atoms with Crippen LogP contribution in [0, 0.1) is 11.3 Å². The fourth-order valence-electron chi connectivity index (χ4n) is 2.10. The smallest absolute Gasteiger partial charge is 0.331 e. The molecule has 1 N–H and O–H groups in total. The molecule has 0 bridgehead atoms. The number of carbonyl (C=O) groups excluding carboxylic acids is 2. The van der Waals surface area contributed by atoms with Gasteiger partial charge >= 0.3 is 5.97 Å². The maximum Gasteiger partial charge on any atom is 0.331 e. The molecule has 23 heavy (non-hydrogen) atoms. The van der Waals surface area contributed by atoms with Crippen molar-refractivity contribution in [3.63, 3.8) is 0 Å². The first-order valence-corrected chi connectivity index (χ1v) is 7.40. The van der Waals surface area contributed by atoms with E-state index in [4.69, 9.17) is 14.7 Å². The van der Waals surface area contributed by atoms with Crippen molar-refractivity contribution >= 4 is 18.0 Å². The van der Waals surface area contributed by atoms with Gasteiger partial charge in [0.05, 0.1) is 17.7 Å². The monoisotopic (exact) mass is 314 g/mol.